The summed E-state index contributed by atoms with van der Waals surface area (Å²) in [5, 5.41) is 3.01. The number of aryl methyl sites for hydroxylation is 1. The average Bonchev–Trinajstić information content (AvgIpc) is 3.23. The van der Waals surface area contributed by atoms with Gasteiger partial charge in [-0.05, 0) is 54.1 Å². The van der Waals surface area contributed by atoms with Gasteiger partial charge in [0.25, 0.3) is 5.91 Å². The van der Waals surface area contributed by atoms with Crippen molar-refractivity contribution in [1.82, 2.24) is 14.9 Å². The van der Waals surface area contributed by atoms with Crippen molar-refractivity contribution in [2.24, 2.45) is 7.05 Å². The molecule has 0 aliphatic rings. The molecule has 1 unspecified atom stereocenters. The van der Waals surface area contributed by atoms with Crippen LogP contribution in [0.25, 0.3) is 0 Å². The van der Waals surface area contributed by atoms with Crippen molar-refractivity contribution in [3.63, 3.8) is 0 Å². The SMILES string of the molecule is Cn1ccnc1C(NC(=O)c1ccc(C#Cc2ccccc2)cc1)c1ccc(F)cc1. The summed E-state index contributed by atoms with van der Waals surface area (Å²) in [7, 11) is 1.85. The summed E-state index contributed by atoms with van der Waals surface area (Å²) in [6.45, 7) is 0. The predicted molar refractivity (Wildman–Crippen MR) is 118 cm³/mol. The van der Waals surface area contributed by atoms with Crippen LogP contribution < -0.4 is 5.32 Å². The fraction of sp³-hybridized carbons (Fsp3) is 0.0769. The van der Waals surface area contributed by atoms with Crippen molar-refractivity contribution in [1.29, 1.82) is 0 Å². The lowest BCUT2D eigenvalue weighted by atomic mass is 10.0. The van der Waals surface area contributed by atoms with E-state index >= 15 is 0 Å². The molecule has 31 heavy (non-hydrogen) atoms. The molecule has 0 aliphatic carbocycles. The Labute approximate surface area is 180 Å². The molecule has 1 atom stereocenters. The molecular formula is C26H20FN3O. The fourth-order valence-electron chi connectivity index (χ4n) is 3.19. The summed E-state index contributed by atoms with van der Waals surface area (Å²) in [6, 6.07) is 22.4. The van der Waals surface area contributed by atoms with Crippen LogP contribution in [0.1, 0.15) is 38.9 Å². The Morgan fingerprint density at radius 2 is 1.58 bits per heavy atom. The maximum absolute atomic E-state index is 13.4. The van der Waals surface area contributed by atoms with Gasteiger partial charge in [0.1, 0.15) is 17.7 Å². The van der Waals surface area contributed by atoms with Gasteiger partial charge >= 0.3 is 0 Å². The first-order chi connectivity index (χ1) is 15.1. The first-order valence-electron chi connectivity index (χ1n) is 9.81. The highest BCUT2D eigenvalue weighted by atomic mass is 19.1. The van der Waals surface area contributed by atoms with E-state index in [9.17, 15) is 9.18 Å². The highest BCUT2D eigenvalue weighted by Crippen LogP contribution is 2.21. The number of imidazole rings is 1. The summed E-state index contributed by atoms with van der Waals surface area (Å²) in [5.41, 5.74) is 3.00. The summed E-state index contributed by atoms with van der Waals surface area (Å²) >= 11 is 0. The quantitative estimate of drug-likeness (QED) is 0.505. The van der Waals surface area contributed by atoms with E-state index < -0.39 is 6.04 Å². The Morgan fingerprint density at radius 1 is 0.935 bits per heavy atom. The molecule has 0 fully saturated rings. The fourth-order valence-corrected chi connectivity index (χ4v) is 3.19. The molecule has 0 bridgehead atoms. The van der Waals surface area contributed by atoms with Gasteiger partial charge in [-0.1, -0.05) is 42.2 Å². The molecule has 5 heteroatoms. The molecule has 4 aromatic rings. The van der Waals surface area contributed by atoms with Gasteiger partial charge in [0, 0.05) is 36.1 Å². The molecule has 152 valence electrons. The zero-order valence-corrected chi connectivity index (χ0v) is 16.9. The van der Waals surface area contributed by atoms with E-state index in [1.54, 1.807) is 36.7 Å². The van der Waals surface area contributed by atoms with E-state index in [-0.39, 0.29) is 11.7 Å². The third kappa shape index (κ3) is 4.88. The third-order valence-corrected chi connectivity index (χ3v) is 4.87. The molecule has 4 rings (SSSR count). The largest absolute Gasteiger partial charge is 0.338 e. The molecule has 3 aromatic carbocycles. The number of amides is 1. The molecule has 1 aromatic heterocycles. The number of rotatable bonds is 4. The normalized spacial score (nSPS) is 11.3. The van der Waals surface area contributed by atoms with Crippen molar-refractivity contribution in [2.75, 3.05) is 0 Å². The van der Waals surface area contributed by atoms with Gasteiger partial charge < -0.3 is 9.88 Å². The minimum atomic E-state index is -0.509. The monoisotopic (exact) mass is 409 g/mol. The van der Waals surface area contributed by atoms with Crippen LogP contribution >= 0.6 is 0 Å². The number of benzene rings is 3. The van der Waals surface area contributed by atoms with Crippen LogP contribution in [0.4, 0.5) is 4.39 Å². The highest BCUT2D eigenvalue weighted by Gasteiger charge is 2.21. The minimum absolute atomic E-state index is 0.250. The van der Waals surface area contributed by atoms with Crippen molar-refractivity contribution < 1.29 is 9.18 Å². The van der Waals surface area contributed by atoms with Crippen LogP contribution in [-0.4, -0.2) is 15.5 Å². The maximum Gasteiger partial charge on any atom is 0.252 e. The highest BCUT2D eigenvalue weighted by molar-refractivity contribution is 5.94. The Bertz CT molecular complexity index is 1230. The lowest BCUT2D eigenvalue weighted by molar-refractivity contribution is 0.0941. The molecule has 0 saturated carbocycles. The van der Waals surface area contributed by atoms with Crippen molar-refractivity contribution in [3.8, 4) is 11.8 Å². The zero-order valence-electron chi connectivity index (χ0n) is 16.9. The predicted octanol–water partition coefficient (Wildman–Crippen LogP) is 4.48. The molecule has 0 radical (unpaired) electrons. The average molecular weight is 409 g/mol. The van der Waals surface area contributed by atoms with E-state index in [2.05, 4.69) is 22.1 Å². The van der Waals surface area contributed by atoms with Gasteiger partial charge in [-0.2, -0.15) is 0 Å². The second kappa shape index (κ2) is 9.10. The Morgan fingerprint density at radius 3 is 2.19 bits per heavy atom. The second-order valence-corrected chi connectivity index (χ2v) is 7.05. The number of hydrogen-bond donors (Lipinski definition) is 1. The lowest BCUT2D eigenvalue weighted by Crippen LogP contribution is -2.31. The van der Waals surface area contributed by atoms with Crippen LogP contribution in [-0.2, 0) is 7.05 Å². The number of nitrogens with one attached hydrogen (secondary N) is 1. The first-order valence-corrected chi connectivity index (χ1v) is 9.81. The number of hydrogen-bond acceptors (Lipinski definition) is 2. The molecular weight excluding hydrogens is 389 g/mol. The molecule has 1 N–H and O–H groups in total. The maximum atomic E-state index is 13.4. The number of carbonyl (C=O) groups excluding carboxylic acids is 1. The smallest absolute Gasteiger partial charge is 0.252 e. The van der Waals surface area contributed by atoms with Crippen LogP contribution in [0.2, 0.25) is 0 Å². The van der Waals surface area contributed by atoms with Gasteiger partial charge in [0.2, 0.25) is 0 Å². The van der Waals surface area contributed by atoms with E-state index in [4.69, 9.17) is 0 Å². The van der Waals surface area contributed by atoms with Crippen molar-refractivity contribution >= 4 is 5.91 Å². The lowest BCUT2D eigenvalue weighted by Gasteiger charge is -2.19. The molecule has 1 heterocycles. The van der Waals surface area contributed by atoms with Crippen LogP contribution in [0.3, 0.4) is 0 Å². The Kier molecular flexibility index (Phi) is 5.91. The van der Waals surface area contributed by atoms with E-state index in [1.807, 2.05) is 54.1 Å². The number of aromatic nitrogens is 2. The minimum Gasteiger partial charge on any atom is -0.338 e. The number of halogens is 1. The van der Waals surface area contributed by atoms with Crippen molar-refractivity contribution in [2.45, 2.75) is 6.04 Å². The van der Waals surface area contributed by atoms with Crippen LogP contribution in [0, 0.1) is 17.7 Å². The molecule has 0 aliphatic heterocycles. The molecule has 1 amide bonds. The summed E-state index contributed by atoms with van der Waals surface area (Å²) in [6.07, 6.45) is 3.47. The molecule has 0 spiro atoms. The molecule has 0 saturated heterocycles. The van der Waals surface area contributed by atoms with Gasteiger partial charge in [-0.25, -0.2) is 9.37 Å². The van der Waals surface area contributed by atoms with Gasteiger partial charge in [-0.3, -0.25) is 4.79 Å². The topological polar surface area (TPSA) is 46.9 Å². The van der Waals surface area contributed by atoms with Crippen LogP contribution in [0.15, 0.2) is 91.3 Å². The van der Waals surface area contributed by atoms with Gasteiger partial charge in [0.05, 0.1) is 0 Å². The van der Waals surface area contributed by atoms with E-state index in [1.165, 1.54) is 12.1 Å². The first kappa shape index (κ1) is 20.1. The summed E-state index contributed by atoms with van der Waals surface area (Å²) < 4.78 is 15.2. The van der Waals surface area contributed by atoms with Gasteiger partial charge in [0.15, 0.2) is 0 Å². The Balaban J connectivity index is 1.54. The van der Waals surface area contributed by atoms with Crippen molar-refractivity contribution in [3.05, 3.63) is 125 Å². The second-order valence-electron chi connectivity index (χ2n) is 7.05. The summed E-state index contributed by atoms with van der Waals surface area (Å²) in [5.74, 6) is 6.27. The van der Waals surface area contributed by atoms with E-state index in [0.717, 1.165) is 16.7 Å². The summed E-state index contributed by atoms with van der Waals surface area (Å²) in [4.78, 5) is 17.3. The Hall–Kier alpha value is -4.17. The number of nitrogens with zero attached hydrogens (tertiary/aromatic N) is 2. The van der Waals surface area contributed by atoms with E-state index in [0.29, 0.717) is 11.4 Å². The zero-order chi connectivity index (χ0) is 21.6. The standard InChI is InChI=1S/C26H20FN3O/c1-30-18-17-28-25(30)24(21-13-15-23(27)16-14-21)29-26(31)22-11-9-20(10-12-22)8-7-19-5-3-2-4-6-19/h2-6,9-18,24H,1H3,(H,29,31). The van der Waals surface area contributed by atoms with Gasteiger partial charge in [-0.15, -0.1) is 0 Å². The third-order valence-electron chi connectivity index (χ3n) is 4.87. The van der Waals surface area contributed by atoms with Crippen LogP contribution in [0.5, 0.6) is 0 Å². The molecule has 4 nitrogen and oxygen atoms in total. The number of carbonyl (C=O) groups is 1.